The van der Waals surface area contributed by atoms with Crippen molar-refractivity contribution in [3.8, 4) is 0 Å². The van der Waals surface area contributed by atoms with Gasteiger partial charge in [0.05, 0.1) is 4.75 Å². The van der Waals surface area contributed by atoms with E-state index in [0.29, 0.717) is 6.54 Å². The lowest BCUT2D eigenvalue weighted by molar-refractivity contribution is -0.131. The minimum Gasteiger partial charge on any atom is -0.478 e. The average molecular weight is 235 g/mol. The van der Waals surface area contributed by atoms with Gasteiger partial charge in [-0.3, -0.25) is 0 Å². The Morgan fingerprint density at radius 1 is 1.47 bits per heavy atom. The highest BCUT2D eigenvalue weighted by atomic mass is 32.2. The van der Waals surface area contributed by atoms with Crippen molar-refractivity contribution in [1.82, 2.24) is 5.32 Å². The molecule has 0 saturated carbocycles. The highest BCUT2D eigenvalue weighted by molar-refractivity contribution is 7.92. The molecule has 0 fully saturated rings. The topological polar surface area (TPSA) is 83.5 Å². The minimum atomic E-state index is -3.11. The Morgan fingerprint density at radius 3 is 2.40 bits per heavy atom. The maximum Gasteiger partial charge on any atom is 0.328 e. The average Bonchev–Trinajstić information content (AvgIpc) is 2.00. The first-order chi connectivity index (χ1) is 6.67. The van der Waals surface area contributed by atoms with Crippen LogP contribution >= 0.6 is 0 Å². The molecule has 0 saturated heterocycles. The molecule has 0 amide bonds. The van der Waals surface area contributed by atoms with Gasteiger partial charge in [0.15, 0.2) is 9.84 Å². The molecule has 0 aromatic heterocycles. The second kappa shape index (κ2) is 5.27. The fourth-order valence-electron chi connectivity index (χ4n) is 0.747. The molecule has 0 aliphatic carbocycles. The molecule has 15 heavy (non-hydrogen) atoms. The molecule has 6 heteroatoms. The molecular weight excluding hydrogens is 218 g/mol. The Bertz CT molecular complexity index is 343. The van der Waals surface area contributed by atoms with E-state index in [1.807, 2.05) is 0 Å². The number of carboxylic acid groups (broad SMARTS) is 1. The number of carbonyl (C=O) groups is 1. The van der Waals surface area contributed by atoms with E-state index < -0.39 is 20.6 Å². The number of carboxylic acids is 1. The molecule has 5 nitrogen and oxygen atoms in total. The lowest BCUT2D eigenvalue weighted by Crippen LogP contribution is -2.41. The van der Waals surface area contributed by atoms with Crippen LogP contribution in [0, 0.1) is 0 Å². The SMILES string of the molecule is CC(C)(CNC/C=C/C(=O)O)S(C)(=O)=O. The van der Waals surface area contributed by atoms with Gasteiger partial charge in [-0.05, 0) is 13.8 Å². The summed E-state index contributed by atoms with van der Waals surface area (Å²) in [5, 5.41) is 11.1. The number of hydrogen-bond acceptors (Lipinski definition) is 4. The lowest BCUT2D eigenvalue weighted by atomic mass is 10.2. The first-order valence-corrected chi connectivity index (χ1v) is 6.36. The Balaban J connectivity index is 4.03. The van der Waals surface area contributed by atoms with Crippen LogP contribution < -0.4 is 5.32 Å². The van der Waals surface area contributed by atoms with Crippen LogP contribution in [-0.4, -0.2) is 43.6 Å². The van der Waals surface area contributed by atoms with Crippen molar-refractivity contribution in [2.45, 2.75) is 18.6 Å². The zero-order valence-corrected chi connectivity index (χ0v) is 9.97. The summed E-state index contributed by atoms with van der Waals surface area (Å²) in [6.07, 6.45) is 3.63. The van der Waals surface area contributed by atoms with Crippen molar-refractivity contribution in [1.29, 1.82) is 0 Å². The van der Waals surface area contributed by atoms with Crippen molar-refractivity contribution in [2.75, 3.05) is 19.3 Å². The smallest absolute Gasteiger partial charge is 0.328 e. The molecule has 0 aromatic carbocycles. The maximum absolute atomic E-state index is 11.3. The van der Waals surface area contributed by atoms with Gasteiger partial charge in [-0.25, -0.2) is 13.2 Å². The van der Waals surface area contributed by atoms with E-state index in [0.717, 1.165) is 6.08 Å². The van der Waals surface area contributed by atoms with Crippen molar-refractivity contribution in [2.24, 2.45) is 0 Å². The summed E-state index contributed by atoms with van der Waals surface area (Å²) in [6.45, 7) is 3.87. The summed E-state index contributed by atoms with van der Waals surface area (Å²) < 4.78 is 21.7. The molecule has 0 aliphatic rings. The van der Waals surface area contributed by atoms with E-state index in [1.165, 1.54) is 12.3 Å². The monoisotopic (exact) mass is 235 g/mol. The Labute approximate surface area is 90.1 Å². The van der Waals surface area contributed by atoms with Gasteiger partial charge >= 0.3 is 5.97 Å². The molecular formula is C9H17NO4S. The minimum absolute atomic E-state index is 0.287. The summed E-state index contributed by atoms with van der Waals surface area (Å²) >= 11 is 0. The summed E-state index contributed by atoms with van der Waals surface area (Å²) in [7, 11) is -3.11. The third-order valence-corrected chi connectivity index (χ3v) is 4.23. The van der Waals surface area contributed by atoms with Crippen LogP contribution in [0.5, 0.6) is 0 Å². The Morgan fingerprint density at radius 2 is 2.00 bits per heavy atom. The Hall–Kier alpha value is -0.880. The number of aliphatic carboxylic acids is 1. The fraction of sp³-hybridized carbons (Fsp3) is 0.667. The van der Waals surface area contributed by atoms with E-state index in [9.17, 15) is 13.2 Å². The van der Waals surface area contributed by atoms with E-state index in [2.05, 4.69) is 5.32 Å². The second-order valence-electron chi connectivity index (χ2n) is 3.90. The molecule has 2 N–H and O–H groups in total. The predicted octanol–water partition coefficient (Wildman–Crippen LogP) is 0.0400. The molecule has 0 atom stereocenters. The third kappa shape index (κ3) is 5.54. The second-order valence-corrected chi connectivity index (χ2v) is 6.55. The van der Waals surface area contributed by atoms with Crippen LogP contribution in [-0.2, 0) is 14.6 Å². The van der Waals surface area contributed by atoms with Crippen molar-refractivity contribution in [3.63, 3.8) is 0 Å². The van der Waals surface area contributed by atoms with Gasteiger partial charge in [0.1, 0.15) is 0 Å². The fourth-order valence-corrected chi connectivity index (χ4v) is 1.11. The summed E-state index contributed by atoms with van der Waals surface area (Å²) in [5.74, 6) is -1.01. The van der Waals surface area contributed by atoms with Crippen LogP contribution in [0.1, 0.15) is 13.8 Å². The standard InChI is InChI=1S/C9H17NO4S/c1-9(2,15(3,13)14)7-10-6-4-5-8(11)12/h4-5,10H,6-7H2,1-3H3,(H,11,12)/b5-4+. The van der Waals surface area contributed by atoms with E-state index in [-0.39, 0.29) is 6.54 Å². The van der Waals surface area contributed by atoms with Gasteiger partial charge in [0.25, 0.3) is 0 Å². The first kappa shape index (κ1) is 14.1. The molecule has 0 radical (unpaired) electrons. The molecule has 0 heterocycles. The first-order valence-electron chi connectivity index (χ1n) is 4.46. The van der Waals surface area contributed by atoms with Gasteiger partial charge in [-0.1, -0.05) is 6.08 Å². The largest absolute Gasteiger partial charge is 0.478 e. The van der Waals surface area contributed by atoms with Crippen LogP contribution in [0.25, 0.3) is 0 Å². The van der Waals surface area contributed by atoms with Gasteiger partial charge in [0.2, 0.25) is 0 Å². The van der Waals surface area contributed by atoms with E-state index in [1.54, 1.807) is 13.8 Å². The number of sulfone groups is 1. The predicted molar refractivity (Wildman–Crippen MR) is 58.6 cm³/mol. The van der Waals surface area contributed by atoms with E-state index in [4.69, 9.17) is 5.11 Å². The van der Waals surface area contributed by atoms with Gasteiger partial charge < -0.3 is 10.4 Å². The highest BCUT2D eigenvalue weighted by Gasteiger charge is 2.29. The highest BCUT2D eigenvalue weighted by Crippen LogP contribution is 2.12. The summed E-state index contributed by atoms with van der Waals surface area (Å²) in [4.78, 5) is 10.1. The zero-order valence-electron chi connectivity index (χ0n) is 9.15. The molecule has 0 rings (SSSR count). The normalized spacial score (nSPS) is 13.3. The van der Waals surface area contributed by atoms with Crippen LogP contribution in [0.15, 0.2) is 12.2 Å². The number of hydrogen-bond donors (Lipinski definition) is 2. The van der Waals surface area contributed by atoms with Gasteiger partial charge in [0, 0.05) is 25.4 Å². The molecule has 0 aliphatic heterocycles. The lowest BCUT2D eigenvalue weighted by Gasteiger charge is -2.22. The molecule has 0 aromatic rings. The van der Waals surface area contributed by atoms with Crippen molar-refractivity contribution < 1.29 is 18.3 Å². The zero-order chi connectivity index (χ0) is 12.1. The summed E-state index contributed by atoms with van der Waals surface area (Å²) in [5.41, 5.74) is 0. The quantitative estimate of drug-likeness (QED) is 0.501. The van der Waals surface area contributed by atoms with Gasteiger partial charge in [-0.15, -0.1) is 0 Å². The third-order valence-electron chi connectivity index (χ3n) is 2.08. The van der Waals surface area contributed by atoms with Crippen LogP contribution in [0.2, 0.25) is 0 Å². The summed E-state index contributed by atoms with van der Waals surface area (Å²) in [6, 6.07) is 0. The number of nitrogens with one attached hydrogen (secondary N) is 1. The van der Waals surface area contributed by atoms with Crippen molar-refractivity contribution in [3.05, 3.63) is 12.2 Å². The van der Waals surface area contributed by atoms with Gasteiger partial charge in [-0.2, -0.15) is 0 Å². The maximum atomic E-state index is 11.3. The number of rotatable bonds is 6. The van der Waals surface area contributed by atoms with E-state index >= 15 is 0 Å². The molecule has 0 bridgehead atoms. The van der Waals surface area contributed by atoms with Crippen LogP contribution in [0.3, 0.4) is 0 Å². The van der Waals surface area contributed by atoms with Crippen LogP contribution in [0.4, 0.5) is 0 Å². The Kier molecular flexibility index (Phi) is 4.96. The van der Waals surface area contributed by atoms with Crippen molar-refractivity contribution >= 4 is 15.8 Å². The molecule has 88 valence electrons. The molecule has 0 spiro atoms. The molecule has 0 unspecified atom stereocenters.